The maximum atomic E-state index is 5.43. The Morgan fingerprint density at radius 3 is 2.48 bits per heavy atom. The first-order chi connectivity index (χ1) is 11.3. The maximum absolute atomic E-state index is 5.43. The van der Waals surface area contributed by atoms with Gasteiger partial charge in [-0.05, 0) is 43.0 Å². The third kappa shape index (κ3) is 4.05. The molecule has 0 amide bonds. The SMILES string of the molecule is COc1ccccc1NC1CCN(Cc2ccccc2C)CC1. The number of anilines is 1. The summed E-state index contributed by atoms with van der Waals surface area (Å²) in [6, 6.07) is 17.4. The summed E-state index contributed by atoms with van der Waals surface area (Å²) in [5, 5.41) is 3.64. The molecule has 1 fully saturated rings. The monoisotopic (exact) mass is 310 g/mol. The summed E-state index contributed by atoms with van der Waals surface area (Å²) in [5.74, 6) is 0.926. The molecule has 0 spiro atoms. The number of methoxy groups -OCH3 is 1. The van der Waals surface area contributed by atoms with E-state index in [-0.39, 0.29) is 0 Å². The van der Waals surface area contributed by atoms with Crippen molar-refractivity contribution in [3.8, 4) is 5.75 Å². The van der Waals surface area contributed by atoms with Crippen molar-refractivity contribution >= 4 is 5.69 Å². The molecule has 0 aromatic heterocycles. The van der Waals surface area contributed by atoms with Crippen LogP contribution in [0.3, 0.4) is 0 Å². The molecule has 122 valence electrons. The Hall–Kier alpha value is -2.00. The lowest BCUT2D eigenvalue weighted by atomic mass is 10.0. The van der Waals surface area contributed by atoms with Crippen LogP contribution in [0, 0.1) is 6.92 Å². The highest BCUT2D eigenvalue weighted by atomic mass is 16.5. The highest BCUT2D eigenvalue weighted by Crippen LogP contribution is 2.26. The molecular weight excluding hydrogens is 284 g/mol. The normalized spacial score (nSPS) is 16.3. The molecule has 1 saturated heterocycles. The molecule has 0 bridgehead atoms. The van der Waals surface area contributed by atoms with Crippen LogP contribution in [0.15, 0.2) is 48.5 Å². The van der Waals surface area contributed by atoms with Crippen LogP contribution >= 0.6 is 0 Å². The Bertz CT molecular complexity index is 633. The summed E-state index contributed by atoms with van der Waals surface area (Å²) in [6.45, 7) is 5.54. The van der Waals surface area contributed by atoms with Gasteiger partial charge in [0.05, 0.1) is 12.8 Å². The molecule has 2 aromatic carbocycles. The van der Waals surface area contributed by atoms with Crippen LogP contribution in [-0.2, 0) is 6.54 Å². The lowest BCUT2D eigenvalue weighted by Gasteiger charge is -2.33. The first kappa shape index (κ1) is 15.9. The fourth-order valence-electron chi connectivity index (χ4n) is 3.25. The highest BCUT2D eigenvalue weighted by molar-refractivity contribution is 5.56. The van der Waals surface area contributed by atoms with E-state index in [0.29, 0.717) is 6.04 Å². The number of piperidine rings is 1. The molecular formula is C20H26N2O. The zero-order chi connectivity index (χ0) is 16.1. The average molecular weight is 310 g/mol. The first-order valence-electron chi connectivity index (χ1n) is 8.42. The van der Waals surface area contributed by atoms with E-state index in [0.717, 1.165) is 31.1 Å². The Morgan fingerprint density at radius 1 is 1.04 bits per heavy atom. The molecule has 1 N–H and O–H groups in total. The smallest absolute Gasteiger partial charge is 0.141 e. The van der Waals surface area contributed by atoms with Gasteiger partial charge in [0.2, 0.25) is 0 Å². The predicted molar refractivity (Wildman–Crippen MR) is 96.1 cm³/mol. The van der Waals surface area contributed by atoms with Gasteiger partial charge in [-0.25, -0.2) is 0 Å². The number of benzene rings is 2. The molecule has 1 aliphatic heterocycles. The fraction of sp³-hybridized carbons (Fsp3) is 0.400. The number of ether oxygens (including phenoxy) is 1. The molecule has 0 unspecified atom stereocenters. The predicted octanol–water partition coefficient (Wildman–Crippen LogP) is 4.08. The van der Waals surface area contributed by atoms with Crippen molar-refractivity contribution in [2.75, 3.05) is 25.5 Å². The fourth-order valence-corrected chi connectivity index (χ4v) is 3.25. The third-order valence-electron chi connectivity index (χ3n) is 4.71. The molecule has 2 aromatic rings. The van der Waals surface area contributed by atoms with Gasteiger partial charge in [0, 0.05) is 25.7 Å². The van der Waals surface area contributed by atoms with E-state index >= 15 is 0 Å². The van der Waals surface area contributed by atoms with Crippen LogP contribution < -0.4 is 10.1 Å². The van der Waals surface area contributed by atoms with Gasteiger partial charge in [-0.2, -0.15) is 0 Å². The van der Waals surface area contributed by atoms with E-state index in [1.54, 1.807) is 7.11 Å². The molecule has 0 radical (unpaired) electrons. The van der Waals surface area contributed by atoms with Crippen molar-refractivity contribution in [2.45, 2.75) is 32.4 Å². The summed E-state index contributed by atoms with van der Waals surface area (Å²) < 4.78 is 5.43. The second-order valence-corrected chi connectivity index (χ2v) is 6.32. The lowest BCUT2D eigenvalue weighted by Crippen LogP contribution is -2.38. The second-order valence-electron chi connectivity index (χ2n) is 6.32. The van der Waals surface area contributed by atoms with Crippen molar-refractivity contribution in [2.24, 2.45) is 0 Å². The molecule has 3 rings (SSSR count). The molecule has 1 aliphatic rings. The standard InChI is InChI=1S/C20H26N2O/c1-16-7-3-4-8-17(16)15-22-13-11-18(12-14-22)21-19-9-5-6-10-20(19)23-2/h3-10,18,21H,11-15H2,1-2H3. The summed E-state index contributed by atoms with van der Waals surface area (Å²) in [7, 11) is 1.73. The summed E-state index contributed by atoms with van der Waals surface area (Å²) in [4.78, 5) is 2.56. The molecule has 1 heterocycles. The number of nitrogens with one attached hydrogen (secondary N) is 1. The molecule has 0 saturated carbocycles. The molecule has 23 heavy (non-hydrogen) atoms. The molecule has 0 aliphatic carbocycles. The van der Waals surface area contributed by atoms with Crippen molar-refractivity contribution in [3.05, 3.63) is 59.7 Å². The second kappa shape index (κ2) is 7.51. The van der Waals surface area contributed by atoms with Crippen LogP contribution in [0.5, 0.6) is 5.75 Å². The number of hydrogen-bond acceptors (Lipinski definition) is 3. The van der Waals surface area contributed by atoms with Gasteiger partial charge in [0.15, 0.2) is 0 Å². The summed E-state index contributed by atoms with van der Waals surface area (Å²) in [6.07, 6.45) is 2.34. The lowest BCUT2D eigenvalue weighted by molar-refractivity contribution is 0.211. The van der Waals surface area contributed by atoms with Crippen molar-refractivity contribution in [1.29, 1.82) is 0 Å². The number of likely N-dealkylation sites (tertiary alicyclic amines) is 1. The number of nitrogens with zero attached hydrogens (tertiary/aromatic N) is 1. The van der Waals surface area contributed by atoms with Crippen LogP contribution in [0.1, 0.15) is 24.0 Å². The number of aryl methyl sites for hydroxylation is 1. The first-order valence-corrected chi connectivity index (χ1v) is 8.42. The van der Waals surface area contributed by atoms with E-state index in [4.69, 9.17) is 4.74 Å². The summed E-state index contributed by atoms with van der Waals surface area (Å²) in [5.41, 5.74) is 3.94. The van der Waals surface area contributed by atoms with E-state index in [9.17, 15) is 0 Å². The molecule has 3 heteroatoms. The maximum Gasteiger partial charge on any atom is 0.141 e. The van der Waals surface area contributed by atoms with Crippen LogP contribution in [0.2, 0.25) is 0 Å². The largest absolute Gasteiger partial charge is 0.495 e. The topological polar surface area (TPSA) is 24.5 Å². The zero-order valence-corrected chi connectivity index (χ0v) is 14.1. The molecule has 0 atom stereocenters. The van der Waals surface area contributed by atoms with Gasteiger partial charge in [0.25, 0.3) is 0 Å². The number of para-hydroxylation sites is 2. The van der Waals surface area contributed by atoms with Gasteiger partial charge in [-0.3, -0.25) is 4.90 Å². The Kier molecular flexibility index (Phi) is 5.19. The Labute approximate surface area is 139 Å². The van der Waals surface area contributed by atoms with Crippen molar-refractivity contribution < 1.29 is 4.74 Å². The number of rotatable bonds is 5. The van der Waals surface area contributed by atoms with Crippen molar-refractivity contribution in [1.82, 2.24) is 4.90 Å². The van der Waals surface area contributed by atoms with Crippen LogP contribution in [0.25, 0.3) is 0 Å². The number of hydrogen-bond donors (Lipinski definition) is 1. The zero-order valence-electron chi connectivity index (χ0n) is 14.1. The Morgan fingerprint density at radius 2 is 1.74 bits per heavy atom. The Balaban J connectivity index is 1.53. The highest BCUT2D eigenvalue weighted by Gasteiger charge is 2.20. The minimum absolute atomic E-state index is 0.527. The van der Waals surface area contributed by atoms with Gasteiger partial charge in [-0.1, -0.05) is 36.4 Å². The van der Waals surface area contributed by atoms with Gasteiger partial charge in [-0.15, -0.1) is 0 Å². The minimum Gasteiger partial charge on any atom is -0.495 e. The average Bonchev–Trinajstić information content (AvgIpc) is 2.59. The minimum atomic E-state index is 0.527. The van der Waals surface area contributed by atoms with Crippen LogP contribution in [-0.4, -0.2) is 31.1 Å². The van der Waals surface area contributed by atoms with E-state index in [1.807, 2.05) is 12.1 Å². The quantitative estimate of drug-likeness (QED) is 0.900. The van der Waals surface area contributed by atoms with Gasteiger partial charge in [0.1, 0.15) is 5.75 Å². The van der Waals surface area contributed by atoms with Crippen LogP contribution in [0.4, 0.5) is 5.69 Å². The summed E-state index contributed by atoms with van der Waals surface area (Å²) >= 11 is 0. The van der Waals surface area contributed by atoms with Gasteiger partial charge >= 0.3 is 0 Å². The third-order valence-corrected chi connectivity index (χ3v) is 4.71. The van der Waals surface area contributed by atoms with E-state index in [1.165, 1.54) is 24.0 Å². The van der Waals surface area contributed by atoms with Crippen molar-refractivity contribution in [3.63, 3.8) is 0 Å². The van der Waals surface area contributed by atoms with Gasteiger partial charge < -0.3 is 10.1 Å². The van der Waals surface area contributed by atoms with E-state index in [2.05, 4.69) is 53.5 Å². The molecule has 3 nitrogen and oxygen atoms in total. The van der Waals surface area contributed by atoms with E-state index < -0.39 is 0 Å².